The summed E-state index contributed by atoms with van der Waals surface area (Å²) in [6.07, 6.45) is 3.71. The van der Waals surface area contributed by atoms with Crippen molar-refractivity contribution >= 4 is 22.4 Å². The second kappa shape index (κ2) is 5.58. The van der Waals surface area contributed by atoms with E-state index in [0.29, 0.717) is 23.2 Å². The number of nitrogens with zero attached hydrogens (tertiary/aromatic N) is 4. The largest absolute Gasteiger partial charge is 0.363 e. The lowest BCUT2D eigenvalue weighted by Crippen LogP contribution is -2.27. The molecule has 0 unspecified atom stereocenters. The van der Waals surface area contributed by atoms with Crippen LogP contribution in [0.25, 0.3) is 0 Å². The minimum absolute atomic E-state index is 0.210. The van der Waals surface area contributed by atoms with E-state index in [9.17, 15) is 4.79 Å². The highest BCUT2D eigenvalue weighted by Gasteiger charge is 2.11. The number of hydrogen-bond acceptors (Lipinski definition) is 6. The monoisotopic (exact) mass is 266 g/mol. The van der Waals surface area contributed by atoms with Crippen LogP contribution in [0.4, 0.5) is 5.13 Å². The van der Waals surface area contributed by atoms with E-state index in [1.807, 2.05) is 13.1 Å². The van der Waals surface area contributed by atoms with E-state index in [2.05, 4.69) is 25.9 Å². The maximum absolute atomic E-state index is 11.7. The first kappa shape index (κ1) is 12.5. The van der Waals surface area contributed by atoms with Crippen LogP contribution >= 0.6 is 11.3 Å². The van der Waals surface area contributed by atoms with Gasteiger partial charge in [0.15, 0.2) is 0 Å². The zero-order chi connectivity index (χ0) is 13.0. The molecule has 18 heavy (non-hydrogen) atoms. The molecule has 0 fully saturated rings. The number of carbonyl (C=O) groups excluding carboxylic acids is 1. The first-order valence-corrected chi connectivity index (χ1v) is 6.29. The summed E-state index contributed by atoms with van der Waals surface area (Å²) in [5.41, 5.74) is 1.10. The van der Waals surface area contributed by atoms with E-state index < -0.39 is 0 Å². The molecule has 7 nitrogen and oxygen atoms in total. The van der Waals surface area contributed by atoms with Crippen molar-refractivity contribution in [3.05, 3.63) is 23.0 Å². The molecule has 0 aromatic carbocycles. The summed E-state index contributed by atoms with van der Waals surface area (Å²) in [7, 11) is 1.74. The van der Waals surface area contributed by atoms with Gasteiger partial charge in [0.05, 0.1) is 12.7 Å². The quantitative estimate of drug-likeness (QED) is 0.824. The minimum Gasteiger partial charge on any atom is -0.363 e. The second-order valence-corrected chi connectivity index (χ2v) is 4.68. The Morgan fingerprint density at radius 2 is 2.33 bits per heavy atom. The number of amides is 1. The molecule has 2 N–H and O–H groups in total. The van der Waals surface area contributed by atoms with Gasteiger partial charge in [-0.1, -0.05) is 11.3 Å². The lowest BCUT2D eigenvalue weighted by Gasteiger charge is -2.02. The number of nitrogens with one attached hydrogen (secondary N) is 2. The van der Waals surface area contributed by atoms with Gasteiger partial charge in [-0.05, 0) is 12.5 Å². The zero-order valence-electron chi connectivity index (χ0n) is 10.2. The van der Waals surface area contributed by atoms with Gasteiger partial charge in [-0.25, -0.2) is 0 Å². The van der Waals surface area contributed by atoms with Crippen LogP contribution in [-0.2, 0) is 6.54 Å². The van der Waals surface area contributed by atoms with Gasteiger partial charge in [-0.2, -0.15) is 5.10 Å². The molecule has 0 saturated carbocycles. The highest BCUT2D eigenvalue weighted by Crippen LogP contribution is 2.13. The number of anilines is 1. The zero-order valence-corrected chi connectivity index (χ0v) is 11.0. The smallest absolute Gasteiger partial charge is 0.282 e. The predicted molar refractivity (Wildman–Crippen MR) is 68.8 cm³/mol. The Morgan fingerprint density at radius 3 is 2.94 bits per heavy atom. The Morgan fingerprint density at radius 1 is 1.50 bits per heavy atom. The predicted octanol–water partition coefficient (Wildman–Crippen LogP) is 0.515. The van der Waals surface area contributed by atoms with E-state index in [-0.39, 0.29) is 5.91 Å². The third-order valence-corrected chi connectivity index (χ3v) is 3.16. The minimum atomic E-state index is -0.210. The summed E-state index contributed by atoms with van der Waals surface area (Å²) in [4.78, 5) is 11.7. The molecule has 0 atom stereocenters. The van der Waals surface area contributed by atoms with Gasteiger partial charge in [0.1, 0.15) is 0 Å². The van der Waals surface area contributed by atoms with Crippen LogP contribution in [0.1, 0.15) is 15.4 Å². The normalized spacial score (nSPS) is 10.3. The molecule has 0 aliphatic rings. The number of aryl methyl sites for hydroxylation is 1. The van der Waals surface area contributed by atoms with Crippen LogP contribution in [0.5, 0.6) is 0 Å². The Labute approximate surface area is 108 Å². The number of aromatic nitrogens is 4. The highest BCUT2D eigenvalue weighted by atomic mass is 32.1. The molecular weight excluding hydrogens is 252 g/mol. The van der Waals surface area contributed by atoms with Crippen LogP contribution in [0.2, 0.25) is 0 Å². The van der Waals surface area contributed by atoms with Crippen molar-refractivity contribution in [1.82, 2.24) is 25.3 Å². The SMILES string of the molecule is CNc1nnc(C(=O)NCCn2cc(C)cn2)s1. The van der Waals surface area contributed by atoms with Gasteiger partial charge in [0.25, 0.3) is 5.91 Å². The van der Waals surface area contributed by atoms with Crippen LogP contribution in [0.15, 0.2) is 12.4 Å². The lowest BCUT2D eigenvalue weighted by atomic mass is 10.4. The van der Waals surface area contributed by atoms with Crippen molar-refractivity contribution in [2.24, 2.45) is 0 Å². The number of rotatable bonds is 5. The molecule has 0 aliphatic heterocycles. The summed E-state index contributed by atoms with van der Waals surface area (Å²) >= 11 is 1.22. The van der Waals surface area contributed by atoms with Crippen LogP contribution < -0.4 is 10.6 Å². The Bertz CT molecular complexity index is 534. The third kappa shape index (κ3) is 3.04. The van der Waals surface area contributed by atoms with E-state index in [1.165, 1.54) is 11.3 Å². The molecular formula is C10H14N6OS. The van der Waals surface area contributed by atoms with Gasteiger partial charge in [-0.3, -0.25) is 9.48 Å². The number of carbonyl (C=O) groups is 1. The Hall–Kier alpha value is -1.96. The molecule has 0 bridgehead atoms. The summed E-state index contributed by atoms with van der Waals surface area (Å²) in [6, 6.07) is 0. The summed E-state index contributed by atoms with van der Waals surface area (Å²) in [5, 5.41) is 18.3. The summed E-state index contributed by atoms with van der Waals surface area (Å²) in [6.45, 7) is 3.12. The van der Waals surface area contributed by atoms with E-state index in [0.717, 1.165) is 5.56 Å². The maximum Gasteiger partial charge on any atom is 0.282 e. The fraction of sp³-hybridized carbons (Fsp3) is 0.400. The van der Waals surface area contributed by atoms with Crippen LogP contribution in [0, 0.1) is 6.92 Å². The average Bonchev–Trinajstić information content (AvgIpc) is 2.98. The van der Waals surface area contributed by atoms with E-state index in [4.69, 9.17) is 0 Å². The van der Waals surface area contributed by atoms with Crippen molar-refractivity contribution in [3.63, 3.8) is 0 Å². The molecule has 0 radical (unpaired) electrons. The van der Waals surface area contributed by atoms with Crippen molar-refractivity contribution in [2.45, 2.75) is 13.5 Å². The fourth-order valence-electron chi connectivity index (χ4n) is 1.36. The molecule has 0 saturated heterocycles. The molecule has 2 aromatic heterocycles. The fourth-order valence-corrected chi connectivity index (χ4v) is 1.98. The molecule has 0 aliphatic carbocycles. The molecule has 2 heterocycles. The van der Waals surface area contributed by atoms with Gasteiger partial charge >= 0.3 is 0 Å². The molecule has 1 amide bonds. The van der Waals surface area contributed by atoms with Gasteiger partial charge in [0.2, 0.25) is 10.1 Å². The highest BCUT2D eigenvalue weighted by molar-refractivity contribution is 7.17. The van der Waals surface area contributed by atoms with Crippen LogP contribution in [0.3, 0.4) is 0 Å². The maximum atomic E-state index is 11.7. The Balaban J connectivity index is 1.81. The third-order valence-electron chi connectivity index (χ3n) is 2.22. The van der Waals surface area contributed by atoms with Crippen LogP contribution in [-0.4, -0.2) is 39.5 Å². The van der Waals surface area contributed by atoms with Crippen molar-refractivity contribution in [1.29, 1.82) is 0 Å². The van der Waals surface area contributed by atoms with E-state index in [1.54, 1.807) is 17.9 Å². The Kier molecular flexibility index (Phi) is 3.88. The van der Waals surface area contributed by atoms with Gasteiger partial charge < -0.3 is 10.6 Å². The first-order chi connectivity index (χ1) is 8.69. The molecule has 2 rings (SSSR count). The molecule has 8 heteroatoms. The summed E-state index contributed by atoms with van der Waals surface area (Å²) < 4.78 is 1.79. The van der Waals surface area contributed by atoms with Gasteiger partial charge in [-0.15, -0.1) is 10.2 Å². The van der Waals surface area contributed by atoms with Gasteiger partial charge in [0, 0.05) is 19.8 Å². The number of hydrogen-bond donors (Lipinski definition) is 2. The standard InChI is InChI=1S/C10H14N6OS/c1-7-5-13-16(6-7)4-3-12-8(17)9-14-15-10(11-2)18-9/h5-6H,3-4H2,1-2H3,(H,11,15)(H,12,17). The summed E-state index contributed by atoms with van der Waals surface area (Å²) in [5.74, 6) is -0.210. The van der Waals surface area contributed by atoms with Crippen molar-refractivity contribution < 1.29 is 4.79 Å². The van der Waals surface area contributed by atoms with E-state index >= 15 is 0 Å². The van der Waals surface area contributed by atoms with Crippen molar-refractivity contribution in [3.8, 4) is 0 Å². The molecule has 2 aromatic rings. The topological polar surface area (TPSA) is 84.7 Å². The van der Waals surface area contributed by atoms with Crippen molar-refractivity contribution in [2.75, 3.05) is 18.9 Å². The second-order valence-electron chi connectivity index (χ2n) is 3.70. The molecule has 0 spiro atoms. The average molecular weight is 266 g/mol. The molecule has 96 valence electrons. The lowest BCUT2D eigenvalue weighted by molar-refractivity contribution is 0.0951. The first-order valence-electron chi connectivity index (χ1n) is 5.47.